The van der Waals surface area contributed by atoms with E-state index in [0.717, 1.165) is 18.7 Å². The van der Waals surface area contributed by atoms with Gasteiger partial charge in [0.05, 0.1) is 30.5 Å². The largest absolute Gasteiger partial charge is 0.462 e. The minimum Gasteiger partial charge on any atom is -0.462 e. The third kappa shape index (κ3) is 2.98. The molecule has 1 atom stereocenters. The Hall–Kier alpha value is -1.75. The lowest BCUT2D eigenvalue weighted by atomic mass is 10.1. The molecule has 0 saturated carbocycles. The Morgan fingerprint density at radius 3 is 3.00 bits per heavy atom. The van der Waals surface area contributed by atoms with Crippen molar-refractivity contribution in [2.24, 2.45) is 0 Å². The Morgan fingerprint density at radius 1 is 1.58 bits per heavy atom. The number of hydrogen-bond donors (Lipinski definition) is 1. The highest BCUT2D eigenvalue weighted by atomic mass is 16.5. The first-order valence-electron chi connectivity index (χ1n) is 6.50. The molecular weight excluding hydrogens is 244 g/mol. The molecule has 0 amide bonds. The standard InChI is InChI=1S/C14H20N2O3/c1-3-19-14(17)12-8-10(15)4-5-13(12)16(2)11-6-7-18-9-11/h4-5,8,11H,3,6-7,9,15H2,1-2H3. The number of carbonyl (C=O) groups excluding carboxylic acids is 1. The number of benzene rings is 1. The number of nitrogens with zero attached hydrogens (tertiary/aromatic N) is 1. The molecule has 19 heavy (non-hydrogen) atoms. The van der Waals surface area contributed by atoms with Crippen LogP contribution in [-0.2, 0) is 9.47 Å². The molecule has 5 nitrogen and oxygen atoms in total. The first-order valence-corrected chi connectivity index (χ1v) is 6.50. The lowest BCUT2D eigenvalue weighted by Gasteiger charge is -2.27. The van der Waals surface area contributed by atoms with Gasteiger partial charge in [0.15, 0.2) is 0 Å². The van der Waals surface area contributed by atoms with Gasteiger partial charge in [-0.15, -0.1) is 0 Å². The maximum Gasteiger partial charge on any atom is 0.340 e. The summed E-state index contributed by atoms with van der Waals surface area (Å²) in [5.41, 5.74) is 7.67. The first-order chi connectivity index (χ1) is 9.13. The summed E-state index contributed by atoms with van der Waals surface area (Å²) in [5.74, 6) is -0.337. The number of nitrogens with two attached hydrogens (primary N) is 1. The van der Waals surface area contributed by atoms with Gasteiger partial charge in [-0.1, -0.05) is 0 Å². The van der Waals surface area contributed by atoms with Crippen molar-refractivity contribution in [3.05, 3.63) is 23.8 Å². The molecule has 0 radical (unpaired) electrons. The van der Waals surface area contributed by atoms with E-state index >= 15 is 0 Å². The van der Waals surface area contributed by atoms with Gasteiger partial charge in [0.2, 0.25) is 0 Å². The van der Waals surface area contributed by atoms with Crippen molar-refractivity contribution >= 4 is 17.3 Å². The molecule has 2 rings (SSSR count). The summed E-state index contributed by atoms with van der Waals surface area (Å²) < 4.78 is 10.5. The molecule has 0 aromatic heterocycles. The van der Waals surface area contributed by atoms with Crippen LogP contribution < -0.4 is 10.6 Å². The fraction of sp³-hybridized carbons (Fsp3) is 0.500. The summed E-state index contributed by atoms with van der Waals surface area (Å²) >= 11 is 0. The SMILES string of the molecule is CCOC(=O)c1cc(N)ccc1N(C)C1CCOC1. The van der Waals surface area contributed by atoms with Gasteiger partial charge in [-0.25, -0.2) is 4.79 Å². The lowest BCUT2D eigenvalue weighted by molar-refractivity contribution is 0.0527. The van der Waals surface area contributed by atoms with Gasteiger partial charge in [-0.05, 0) is 31.5 Å². The topological polar surface area (TPSA) is 64.8 Å². The zero-order valence-electron chi connectivity index (χ0n) is 11.4. The summed E-state index contributed by atoms with van der Waals surface area (Å²) in [7, 11) is 1.97. The molecule has 0 aliphatic carbocycles. The molecule has 1 aliphatic heterocycles. The van der Waals surface area contributed by atoms with Crippen molar-refractivity contribution in [2.45, 2.75) is 19.4 Å². The highest BCUT2D eigenvalue weighted by Gasteiger charge is 2.24. The van der Waals surface area contributed by atoms with Crippen LogP contribution >= 0.6 is 0 Å². The summed E-state index contributed by atoms with van der Waals surface area (Å²) in [6.45, 7) is 3.59. The van der Waals surface area contributed by atoms with Crippen LogP contribution in [0, 0.1) is 0 Å². The van der Waals surface area contributed by atoms with Gasteiger partial charge < -0.3 is 20.1 Å². The molecule has 5 heteroatoms. The Morgan fingerprint density at radius 2 is 2.37 bits per heavy atom. The van der Waals surface area contributed by atoms with Crippen LogP contribution in [0.5, 0.6) is 0 Å². The minimum absolute atomic E-state index is 0.289. The Labute approximate surface area is 113 Å². The maximum absolute atomic E-state index is 12.0. The van der Waals surface area contributed by atoms with Crippen LogP contribution in [0.25, 0.3) is 0 Å². The Bertz CT molecular complexity index is 456. The predicted molar refractivity (Wildman–Crippen MR) is 74.4 cm³/mol. The van der Waals surface area contributed by atoms with Crippen molar-refractivity contribution in [2.75, 3.05) is 37.5 Å². The highest BCUT2D eigenvalue weighted by molar-refractivity contribution is 5.97. The van der Waals surface area contributed by atoms with E-state index in [9.17, 15) is 4.79 Å². The molecule has 1 unspecified atom stereocenters. The Kier molecular flexibility index (Phi) is 4.27. The fourth-order valence-electron chi connectivity index (χ4n) is 2.26. The van der Waals surface area contributed by atoms with Gasteiger partial charge in [-0.2, -0.15) is 0 Å². The molecule has 1 aromatic rings. The van der Waals surface area contributed by atoms with E-state index < -0.39 is 0 Å². The van der Waals surface area contributed by atoms with E-state index in [-0.39, 0.29) is 12.0 Å². The highest BCUT2D eigenvalue weighted by Crippen LogP contribution is 2.27. The number of esters is 1. The predicted octanol–water partition coefficient (Wildman–Crippen LogP) is 1.67. The molecule has 1 aliphatic rings. The van der Waals surface area contributed by atoms with Crippen LogP contribution in [0.4, 0.5) is 11.4 Å². The van der Waals surface area contributed by atoms with Crippen LogP contribution in [0.15, 0.2) is 18.2 Å². The molecule has 1 saturated heterocycles. The summed E-state index contributed by atoms with van der Waals surface area (Å²) in [6, 6.07) is 5.61. The second-order valence-electron chi connectivity index (χ2n) is 4.63. The Balaban J connectivity index is 2.30. The molecule has 104 valence electrons. The number of carbonyl (C=O) groups is 1. The summed E-state index contributed by atoms with van der Waals surface area (Å²) in [4.78, 5) is 14.1. The molecule has 2 N–H and O–H groups in total. The summed E-state index contributed by atoms with van der Waals surface area (Å²) in [6.07, 6.45) is 0.961. The third-order valence-corrected chi connectivity index (χ3v) is 3.35. The normalized spacial score (nSPS) is 18.3. The van der Waals surface area contributed by atoms with Gasteiger partial charge in [-0.3, -0.25) is 0 Å². The van der Waals surface area contributed by atoms with Crippen LogP contribution in [0.1, 0.15) is 23.7 Å². The van der Waals surface area contributed by atoms with E-state index in [1.807, 2.05) is 13.1 Å². The second kappa shape index (κ2) is 5.93. The number of hydrogen-bond acceptors (Lipinski definition) is 5. The van der Waals surface area contributed by atoms with Crippen molar-refractivity contribution in [3.8, 4) is 0 Å². The number of ether oxygens (including phenoxy) is 2. The van der Waals surface area contributed by atoms with Gasteiger partial charge >= 0.3 is 5.97 Å². The average Bonchev–Trinajstić information content (AvgIpc) is 2.92. The monoisotopic (exact) mass is 264 g/mol. The van der Waals surface area contributed by atoms with Crippen LogP contribution in [0.2, 0.25) is 0 Å². The van der Waals surface area contributed by atoms with Crippen molar-refractivity contribution in [1.82, 2.24) is 0 Å². The minimum atomic E-state index is -0.337. The molecule has 1 aromatic carbocycles. The fourth-order valence-corrected chi connectivity index (χ4v) is 2.26. The molecular formula is C14H20N2O3. The molecule has 0 bridgehead atoms. The third-order valence-electron chi connectivity index (χ3n) is 3.35. The number of rotatable bonds is 4. The first kappa shape index (κ1) is 13.7. The zero-order chi connectivity index (χ0) is 13.8. The smallest absolute Gasteiger partial charge is 0.340 e. The van der Waals surface area contributed by atoms with E-state index in [1.54, 1.807) is 19.1 Å². The zero-order valence-corrected chi connectivity index (χ0v) is 11.4. The van der Waals surface area contributed by atoms with E-state index in [4.69, 9.17) is 15.2 Å². The van der Waals surface area contributed by atoms with Gasteiger partial charge in [0.25, 0.3) is 0 Å². The van der Waals surface area contributed by atoms with Crippen LogP contribution in [0.3, 0.4) is 0 Å². The number of anilines is 2. The molecule has 0 spiro atoms. The van der Waals surface area contributed by atoms with Crippen molar-refractivity contribution in [3.63, 3.8) is 0 Å². The van der Waals surface area contributed by atoms with Gasteiger partial charge in [0, 0.05) is 19.3 Å². The lowest BCUT2D eigenvalue weighted by Crippen LogP contribution is -2.33. The van der Waals surface area contributed by atoms with E-state index in [2.05, 4.69) is 4.90 Å². The second-order valence-corrected chi connectivity index (χ2v) is 4.63. The number of nitrogen functional groups attached to an aromatic ring is 1. The summed E-state index contributed by atoms with van der Waals surface area (Å²) in [5, 5.41) is 0. The van der Waals surface area contributed by atoms with E-state index in [0.29, 0.717) is 24.5 Å². The van der Waals surface area contributed by atoms with Gasteiger partial charge in [0.1, 0.15) is 0 Å². The quantitative estimate of drug-likeness (QED) is 0.662. The molecule has 1 heterocycles. The van der Waals surface area contributed by atoms with E-state index in [1.165, 1.54) is 0 Å². The van der Waals surface area contributed by atoms with Crippen molar-refractivity contribution < 1.29 is 14.3 Å². The van der Waals surface area contributed by atoms with Crippen molar-refractivity contribution in [1.29, 1.82) is 0 Å². The average molecular weight is 264 g/mol. The van der Waals surface area contributed by atoms with Crippen LogP contribution in [-0.4, -0.2) is 38.9 Å². The maximum atomic E-state index is 12.0. The number of likely N-dealkylation sites (N-methyl/N-ethyl adjacent to an activating group) is 1. The molecule has 1 fully saturated rings.